The van der Waals surface area contributed by atoms with E-state index in [2.05, 4.69) is 5.16 Å². The van der Waals surface area contributed by atoms with Crippen LogP contribution < -0.4 is 5.73 Å². The fourth-order valence-corrected chi connectivity index (χ4v) is 2.67. The van der Waals surface area contributed by atoms with E-state index in [0.29, 0.717) is 15.5 Å². The topological polar surface area (TPSA) is 102 Å². The van der Waals surface area contributed by atoms with Crippen LogP contribution in [-0.2, 0) is 0 Å². The number of nitro benzene ring substituents is 1. The van der Waals surface area contributed by atoms with Crippen molar-refractivity contribution < 1.29 is 10.1 Å². The van der Waals surface area contributed by atoms with Gasteiger partial charge in [0.05, 0.1) is 4.92 Å². The van der Waals surface area contributed by atoms with Crippen LogP contribution >= 0.6 is 23.4 Å². The average Bonchev–Trinajstić information content (AvgIpc) is 2.49. The van der Waals surface area contributed by atoms with Crippen LogP contribution in [0.1, 0.15) is 5.56 Å². The second-order valence-corrected chi connectivity index (χ2v) is 5.53. The molecule has 21 heavy (non-hydrogen) atoms. The van der Waals surface area contributed by atoms with E-state index in [1.807, 2.05) is 12.1 Å². The smallest absolute Gasteiger partial charge is 0.270 e. The van der Waals surface area contributed by atoms with E-state index in [1.54, 1.807) is 18.2 Å². The number of halogens is 1. The summed E-state index contributed by atoms with van der Waals surface area (Å²) in [5.74, 6) is -0.185. The Morgan fingerprint density at radius 1 is 1.29 bits per heavy atom. The first-order valence-corrected chi connectivity index (χ1v) is 6.90. The molecular weight excluding hydrogens is 314 g/mol. The minimum absolute atomic E-state index is 0.128. The zero-order valence-electron chi connectivity index (χ0n) is 10.6. The van der Waals surface area contributed by atoms with E-state index in [0.717, 1.165) is 4.90 Å². The van der Waals surface area contributed by atoms with E-state index >= 15 is 0 Å². The van der Waals surface area contributed by atoms with E-state index < -0.39 is 4.92 Å². The SMILES string of the molecule is NC(=NO)c1cc([N+](=O)[O-])ccc1Sc1ccc(Cl)cc1. The third-order valence-corrected chi connectivity index (χ3v) is 3.93. The van der Waals surface area contributed by atoms with Crippen molar-refractivity contribution in [2.45, 2.75) is 9.79 Å². The monoisotopic (exact) mass is 323 g/mol. The summed E-state index contributed by atoms with van der Waals surface area (Å²) in [6.45, 7) is 0. The summed E-state index contributed by atoms with van der Waals surface area (Å²) < 4.78 is 0. The van der Waals surface area contributed by atoms with Gasteiger partial charge in [-0.1, -0.05) is 28.5 Å². The summed E-state index contributed by atoms with van der Waals surface area (Å²) in [7, 11) is 0. The number of hydrogen-bond donors (Lipinski definition) is 2. The Labute approximate surface area is 129 Å². The molecule has 0 fully saturated rings. The molecule has 0 radical (unpaired) electrons. The number of nitrogens with two attached hydrogens (primary N) is 1. The zero-order valence-corrected chi connectivity index (χ0v) is 12.1. The molecule has 2 aromatic rings. The van der Waals surface area contributed by atoms with Crippen LogP contribution in [0.3, 0.4) is 0 Å². The summed E-state index contributed by atoms with van der Waals surface area (Å²) in [6.07, 6.45) is 0. The molecule has 0 aliphatic heterocycles. The highest BCUT2D eigenvalue weighted by atomic mass is 35.5. The molecule has 0 aromatic heterocycles. The lowest BCUT2D eigenvalue weighted by atomic mass is 10.2. The molecule has 3 N–H and O–H groups in total. The Bertz CT molecular complexity index is 704. The molecule has 0 heterocycles. The van der Waals surface area contributed by atoms with Gasteiger partial charge < -0.3 is 10.9 Å². The second-order valence-electron chi connectivity index (χ2n) is 3.98. The van der Waals surface area contributed by atoms with Gasteiger partial charge in [-0.2, -0.15) is 0 Å². The summed E-state index contributed by atoms with van der Waals surface area (Å²) in [5.41, 5.74) is 5.75. The van der Waals surface area contributed by atoms with Crippen molar-refractivity contribution in [2.75, 3.05) is 0 Å². The highest BCUT2D eigenvalue weighted by Crippen LogP contribution is 2.33. The number of oxime groups is 1. The second kappa shape index (κ2) is 6.47. The Morgan fingerprint density at radius 2 is 1.95 bits per heavy atom. The van der Waals surface area contributed by atoms with Crippen LogP contribution in [-0.4, -0.2) is 16.0 Å². The zero-order chi connectivity index (χ0) is 15.4. The third-order valence-electron chi connectivity index (χ3n) is 2.60. The number of nitro groups is 1. The van der Waals surface area contributed by atoms with Crippen molar-refractivity contribution >= 4 is 34.9 Å². The first-order chi connectivity index (χ1) is 10.0. The summed E-state index contributed by atoms with van der Waals surface area (Å²) >= 11 is 7.15. The minimum atomic E-state index is -0.537. The molecule has 108 valence electrons. The fourth-order valence-electron chi connectivity index (χ4n) is 1.60. The summed E-state index contributed by atoms with van der Waals surface area (Å²) in [5, 5.41) is 23.1. The van der Waals surface area contributed by atoms with Crippen LogP contribution in [0.15, 0.2) is 57.4 Å². The van der Waals surface area contributed by atoms with Gasteiger partial charge in [0.2, 0.25) is 0 Å². The Kier molecular flexibility index (Phi) is 4.66. The highest BCUT2D eigenvalue weighted by Gasteiger charge is 2.15. The molecule has 0 spiro atoms. The number of hydrogen-bond acceptors (Lipinski definition) is 5. The third kappa shape index (κ3) is 3.65. The van der Waals surface area contributed by atoms with Crippen LogP contribution in [0.2, 0.25) is 5.02 Å². The first kappa shape index (κ1) is 15.1. The van der Waals surface area contributed by atoms with Gasteiger partial charge in [0.25, 0.3) is 5.69 Å². The highest BCUT2D eigenvalue weighted by molar-refractivity contribution is 7.99. The van der Waals surface area contributed by atoms with Gasteiger partial charge in [0.15, 0.2) is 5.84 Å². The predicted molar refractivity (Wildman–Crippen MR) is 81.2 cm³/mol. The van der Waals surface area contributed by atoms with E-state index in [1.165, 1.54) is 23.9 Å². The number of rotatable bonds is 4. The Hall–Kier alpha value is -2.25. The van der Waals surface area contributed by atoms with Crippen LogP contribution in [0.25, 0.3) is 0 Å². The lowest BCUT2D eigenvalue weighted by Gasteiger charge is -2.08. The maximum atomic E-state index is 10.8. The van der Waals surface area contributed by atoms with Crippen molar-refractivity contribution in [3.05, 3.63) is 63.2 Å². The molecule has 0 bridgehead atoms. The lowest BCUT2D eigenvalue weighted by Crippen LogP contribution is -2.14. The van der Waals surface area contributed by atoms with Crippen molar-refractivity contribution in [3.8, 4) is 0 Å². The molecule has 0 aliphatic rings. The number of amidine groups is 1. The normalized spacial score (nSPS) is 11.4. The molecule has 2 aromatic carbocycles. The first-order valence-electron chi connectivity index (χ1n) is 5.71. The molecule has 0 saturated carbocycles. The van der Waals surface area contributed by atoms with Gasteiger partial charge in [-0.05, 0) is 30.3 Å². The molecular formula is C13H10ClN3O3S. The van der Waals surface area contributed by atoms with Gasteiger partial charge in [0, 0.05) is 32.5 Å². The average molecular weight is 324 g/mol. The molecule has 8 heteroatoms. The standard InChI is InChI=1S/C13H10ClN3O3S/c14-8-1-4-10(5-2-8)21-12-6-3-9(17(19)20)7-11(12)13(15)16-18/h1-7,18H,(H2,15,16). The van der Waals surface area contributed by atoms with Gasteiger partial charge >= 0.3 is 0 Å². The largest absolute Gasteiger partial charge is 0.409 e. The lowest BCUT2D eigenvalue weighted by molar-refractivity contribution is -0.384. The van der Waals surface area contributed by atoms with Gasteiger partial charge in [-0.15, -0.1) is 0 Å². The molecule has 6 nitrogen and oxygen atoms in total. The van der Waals surface area contributed by atoms with Crippen LogP contribution in [0.5, 0.6) is 0 Å². The molecule has 0 saturated heterocycles. The van der Waals surface area contributed by atoms with Crippen molar-refractivity contribution in [1.82, 2.24) is 0 Å². The van der Waals surface area contributed by atoms with Crippen LogP contribution in [0.4, 0.5) is 5.69 Å². The van der Waals surface area contributed by atoms with Crippen molar-refractivity contribution in [1.29, 1.82) is 0 Å². The van der Waals surface area contributed by atoms with Crippen molar-refractivity contribution in [3.63, 3.8) is 0 Å². The fraction of sp³-hybridized carbons (Fsp3) is 0. The molecule has 0 atom stereocenters. The summed E-state index contributed by atoms with van der Waals surface area (Å²) in [6, 6.07) is 11.3. The summed E-state index contributed by atoms with van der Waals surface area (Å²) in [4.78, 5) is 11.8. The predicted octanol–water partition coefficient (Wildman–Crippen LogP) is 3.49. The maximum absolute atomic E-state index is 10.8. The maximum Gasteiger partial charge on any atom is 0.270 e. The van der Waals surface area contributed by atoms with Gasteiger partial charge in [0.1, 0.15) is 0 Å². The number of non-ortho nitro benzene ring substituents is 1. The van der Waals surface area contributed by atoms with Gasteiger partial charge in [-0.3, -0.25) is 10.1 Å². The van der Waals surface area contributed by atoms with E-state index in [9.17, 15) is 10.1 Å². The Balaban J connectivity index is 2.42. The molecule has 0 aliphatic carbocycles. The molecule has 2 rings (SSSR count). The minimum Gasteiger partial charge on any atom is -0.409 e. The number of benzene rings is 2. The van der Waals surface area contributed by atoms with E-state index in [-0.39, 0.29) is 11.5 Å². The Morgan fingerprint density at radius 3 is 2.52 bits per heavy atom. The van der Waals surface area contributed by atoms with Gasteiger partial charge in [-0.25, -0.2) is 0 Å². The van der Waals surface area contributed by atoms with E-state index in [4.69, 9.17) is 22.5 Å². The molecule has 0 unspecified atom stereocenters. The quantitative estimate of drug-likeness (QED) is 0.295. The van der Waals surface area contributed by atoms with Crippen molar-refractivity contribution in [2.24, 2.45) is 10.9 Å². The number of nitrogens with zero attached hydrogens (tertiary/aromatic N) is 2. The molecule has 0 amide bonds. The van der Waals surface area contributed by atoms with Crippen LogP contribution in [0, 0.1) is 10.1 Å².